The topological polar surface area (TPSA) is 50.4 Å². The van der Waals surface area contributed by atoms with E-state index in [-0.39, 0.29) is 17.9 Å². The van der Waals surface area contributed by atoms with Gasteiger partial charge in [-0.25, -0.2) is 9.18 Å². The monoisotopic (exact) mass is 280 g/mol. The van der Waals surface area contributed by atoms with Gasteiger partial charge >= 0.3 is 6.03 Å². The van der Waals surface area contributed by atoms with E-state index in [1.807, 2.05) is 6.92 Å². The molecule has 1 aromatic rings. The Morgan fingerprint density at radius 2 is 2.00 bits per heavy atom. The summed E-state index contributed by atoms with van der Waals surface area (Å²) in [6.07, 6.45) is 4.50. The average Bonchev–Trinajstić information content (AvgIpc) is 2.90. The molecule has 110 valence electrons. The maximum absolute atomic E-state index is 12.7. The lowest BCUT2D eigenvalue weighted by Crippen LogP contribution is -2.46. The van der Waals surface area contributed by atoms with Gasteiger partial charge in [0.1, 0.15) is 18.2 Å². The van der Waals surface area contributed by atoms with Crippen molar-refractivity contribution >= 4 is 6.03 Å². The summed E-state index contributed by atoms with van der Waals surface area (Å²) < 4.78 is 18.2. The zero-order valence-corrected chi connectivity index (χ0v) is 11.7. The molecule has 0 bridgehead atoms. The number of nitrogens with one attached hydrogen (secondary N) is 2. The number of amides is 2. The Morgan fingerprint density at radius 1 is 1.35 bits per heavy atom. The van der Waals surface area contributed by atoms with Gasteiger partial charge in [0.15, 0.2) is 0 Å². The molecule has 4 nitrogen and oxygen atoms in total. The van der Waals surface area contributed by atoms with Gasteiger partial charge in [0.2, 0.25) is 0 Å². The lowest BCUT2D eigenvalue weighted by Gasteiger charge is -2.18. The van der Waals surface area contributed by atoms with Crippen LogP contribution in [0.25, 0.3) is 0 Å². The Balaban J connectivity index is 1.67. The van der Waals surface area contributed by atoms with Crippen molar-refractivity contribution in [3.8, 4) is 5.75 Å². The molecule has 2 amide bonds. The molecule has 0 aromatic heterocycles. The molecule has 5 heteroatoms. The minimum atomic E-state index is -0.292. The minimum absolute atomic E-state index is 0.110. The number of hydrogen-bond acceptors (Lipinski definition) is 2. The fraction of sp³-hybridized carbons (Fsp3) is 0.533. The summed E-state index contributed by atoms with van der Waals surface area (Å²) in [5.41, 5.74) is 0. The maximum Gasteiger partial charge on any atom is 0.315 e. The molecular weight excluding hydrogens is 259 g/mol. The molecule has 2 N–H and O–H groups in total. The van der Waals surface area contributed by atoms with Crippen LogP contribution in [0.4, 0.5) is 9.18 Å². The minimum Gasteiger partial charge on any atom is -0.491 e. The molecule has 0 radical (unpaired) electrons. The van der Waals surface area contributed by atoms with Gasteiger partial charge in [-0.2, -0.15) is 0 Å². The molecule has 1 aliphatic rings. The number of rotatable bonds is 5. The van der Waals surface area contributed by atoms with Gasteiger partial charge in [0.25, 0.3) is 0 Å². The first kappa shape index (κ1) is 14.6. The highest BCUT2D eigenvalue weighted by molar-refractivity contribution is 5.74. The second kappa shape index (κ2) is 7.12. The molecule has 1 fully saturated rings. The number of benzene rings is 1. The van der Waals surface area contributed by atoms with Crippen LogP contribution in [0.3, 0.4) is 0 Å². The van der Waals surface area contributed by atoms with Gasteiger partial charge in [-0.05, 0) is 44.0 Å². The smallest absolute Gasteiger partial charge is 0.315 e. The molecule has 2 rings (SSSR count). The van der Waals surface area contributed by atoms with E-state index in [9.17, 15) is 9.18 Å². The highest BCUT2D eigenvalue weighted by Crippen LogP contribution is 2.17. The summed E-state index contributed by atoms with van der Waals surface area (Å²) in [7, 11) is 0. The first-order valence-corrected chi connectivity index (χ1v) is 7.09. The van der Waals surface area contributed by atoms with Gasteiger partial charge in [-0.15, -0.1) is 0 Å². The lowest BCUT2D eigenvalue weighted by atomic mass is 10.2. The van der Waals surface area contributed by atoms with Crippen LogP contribution in [-0.2, 0) is 0 Å². The van der Waals surface area contributed by atoms with Gasteiger partial charge in [-0.1, -0.05) is 12.8 Å². The van der Waals surface area contributed by atoms with E-state index in [1.165, 1.54) is 25.0 Å². The molecule has 1 saturated carbocycles. The van der Waals surface area contributed by atoms with E-state index in [0.29, 0.717) is 18.4 Å². The molecule has 20 heavy (non-hydrogen) atoms. The second-order valence-electron chi connectivity index (χ2n) is 5.27. The van der Waals surface area contributed by atoms with E-state index in [1.54, 1.807) is 12.1 Å². The van der Waals surface area contributed by atoms with Crippen molar-refractivity contribution in [1.29, 1.82) is 0 Å². The Bertz CT molecular complexity index is 430. The Hall–Kier alpha value is -1.78. The average molecular weight is 280 g/mol. The van der Waals surface area contributed by atoms with Gasteiger partial charge in [-0.3, -0.25) is 0 Å². The van der Waals surface area contributed by atoms with Gasteiger partial charge in [0, 0.05) is 6.04 Å². The third-order valence-corrected chi connectivity index (χ3v) is 3.38. The van der Waals surface area contributed by atoms with Crippen LogP contribution in [0.15, 0.2) is 24.3 Å². The highest BCUT2D eigenvalue weighted by Gasteiger charge is 2.17. The number of hydrogen-bond donors (Lipinski definition) is 2. The van der Waals surface area contributed by atoms with E-state index in [2.05, 4.69) is 10.6 Å². The molecular formula is C15H21FN2O2. The van der Waals surface area contributed by atoms with Gasteiger partial charge < -0.3 is 15.4 Å². The maximum atomic E-state index is 12.7. The summed E-state index contributed by atoms with van der Waals surface area (Å²) in [6.45, 7) is 2.22. The van der Waals surface area contributed by atoms with Crippen molar-refractivity contribution in [2.75, 3.05) is 6.61 Å². The predicted molar refractivity (Wildman–Crippen MR) is 75.3 cm³/mol. The second-order valence-corrected chi connectivity index (χ2v) is 5.27. The number of carbonyl (C=O) groups excluding carboxylic acids is 1. The van der Waals surface area contributed by atoms with Crippen LogP contribution in [0.2, 0.25) is 0 Å². The van der Waals surface area contributed by atoms with E-state index < -0.39 is 0 Å². The largest absolute Gasteiger partial charge is 0.491 e. The Kier molecular flexibility index (Phi) is 5.21. The number of urea groups is 1. The molecule has 1 unspecified atom stereocenters. The molecule has 0 heterocycles. The van der Waals surface area contributed by atoms with Crippen molar-refractivity contribution in [3.63, 3.8) is 0 Å². The van der Waals surface area contributed by atoms with Crippen LogP contribution in [-0.4, -0.2) is 24.7 Å². The fourth-order valence-corrected chi connectivity index (χ4v) is 2.31. The Labute approximate surface area is 118 Å². The number of halogens is 1. The third kappa shape index (κ3) is 4.72. The number of ether oxygens (including phenoxy) is 1. The molecule has 1 atom stereocenters. The Morgan fingerprint density at radius 3 is 2.65 bits per heavy atom. The lowest BCUT2D eigenvalue weighted by molar-refractivity contribution is 0.223. The third-order valence-electron chi connectivity index (χ3n) is 3.38. The predicted octanol–water partition coefficient (Wildman–Crippen LogP) is 2.83. The fourth-order valence-electron chi connectivity index (χ4n) is 2.31. The molecule has 0 aliphatic heterocycles. The molecule has 0 saturated heterocycles. The van der Waals surface area contributed by atoms with E-state index in [0.717, 1.165) is 12.8 Å². The highest BCUT2D eigenvalue weighted by atomic mass is 19.1. The van der Waals surface area contributed by atoms with Crippen LogP contribution in [0.5, 0.6) is 5.75 Å². The molecule has 0 spiro atoms. The van der Waals surface area contributed by atoms with Crippen molar-refractivity contribution in [3.05, 3.63) is 30.1 Å². The first-order valence-electron chi connectivity index (χ1n) is 7.09. The van der Waals surface area contributed by atoms with Gasteiger partial charge in [0.05, 0.1) is 6.04 Å². The SMILES string of the molecule is CC(COc1ccc(F)cc1)NC(=O)NC1CCCC1. The quantitative estimate of drug-likeness (QED) is 0.871. The van der Waals surface area contributed by atoms with E-state index >= 15 is 0 Å². The van der Waals surface area contributed by atoms with Crippen LogP contribution in [0, 0.1) is 5.82 Å². The summed E-state index contributed by atoms with van der Waals surface area (Å²) in [4.78, 5) is 11.7. The summed E-state index contributed by atoms with van der Waals surface area (Å²) in [6, 6.07) is 5.88. The van der Waals surface area contributed by atoms with Crippen LogP contribution >= 0.6 is 0 Å². The van der Waals surface area contributed by atoms with Crippen molar-refractivity contribution in [2.45, 2.75) is 44.7 Å². The van der Waals surface area contributed by atoms with Crippen molar-refractivity contribution in [1.82, 2.24) is 10.6 Å². The first-order chi connectivity index (χ1) is 9.63. The van der Waals surface area contributed by atoms with Crippen LogP contribution < -0.4 is 15.4 Å². The van der Waals surface area contributed by atoms with Crippen molar-refractivity contribution in [2.24, 2.45) is 0 Å². The normalized spacial score (nSPS) is 16.7. The molecule has 1 aromatic carbocycles. The van der Waals surface area contributed by atoms with Crippen LogP contribution in [0.1, 0.15) is 32.6 Å². The van der Waals surface area contributed by atoms with Crippen molar-refractivity contribution < 1.29 is 13.9 Å². The summed E-state index contributed by atoms with van der Waals surface area (Å²) in [5, 5.41) is 5.80. The molecule has 1 aliphatic carbocycles. The zero-order chi connectivity index (χ0) is 14.4. The summed E-state index contributed by atoms with van der Waals surface area (Å²) >= 11 is 0. The summed E-state index contributed by atoms with van der Waals surface area (Å²) in [5.74, 6) is 0.302. The number of carbonyl (C=O) groups is 1. The standard InChI is InChI=1S/C15H21FN2O2/c1-11(10-20-14-8-6-12(16)7-9-14)17-15(19)18-13-4-2-3-5-13/h6-9,11,13H,2-5,10H2,1H3,(H2,17,18,19). The zero-order valence-electron chi connectivity index (χ0n) is 11.7. The van der Waals surface area contributed by atoms with E-state index in [4.69, 9.17) is 4.74 Å².